The number of methoxy groups -OCH3 is 1. The lowest BCUT2D eigenvalue weighted by molar-refractivity contribution is 0.0179. The maximum absolute atomic E-state index is 12.7. The van der Waals surface area contributed by atoms with Gasteiger partial charge in [-0.05, 0) is 23.6 Å². The van der Waals surface area contributed by atoms with Crippen molar-refractivity contribution in [3.05, 3.63) is 46.7 Å². The van der Waals surface area contributed by atoms with Crippen LogP contribution >= 0.6 is 11.3 Å². The van der Waals surface area contributed by atoms with E-state index in [1.807, 2.05) is 17.5 Å². The largest absolute Gasteiger partial charge is 0.495 e. The van der Waals surface area contributed by atoms with E-state index in [1.54, 1.807) is 35.6 Å². The molecule has 1 aliphatic heterocycles. The zero-order valence-electron chi connectivity index (χ0n) is 14.1. The number of rotatable bonds is 7. The summed E-state index contributed by atoms with van der Waals surface area (Å²) in [5, 5.41) is 2.01. The number of morpholine rings is 1. The molecule has 0 radical (unpaired) electrons. The summed E-state index contributed by atoms with van der Waals surface area (Å²) >= 11 is 1.64. The maximum atomic E-state index is 12.7. The Morgan fingerprint density at radius 1 is 1.24 bits per heavy atom. The van der Waals surface area contributed by atoms with Crippen LogP contribution in [0.25, 0.3) is 0 Å². The molecular weight excluding hydrogens is 360 g/mol. The number of thiophene rings is 1. The molecular formula is C17H22N2O4S2. The molecule has 1 atom stereocenters. The van der Waals surface area contributed by atoms with E-state index in [2.05, 4.69) is 9.62 Å². The van der Waals surface area contributed by atoms with E-state index in [0.717, 1.165) is 18.0 Å². The van der Waals surface area contributed by atoms with Gasteiger partial charge in [-0.3, -0.25) is 4.90 Å². The lowest BCUT2D eigenvalue weighted by Crippen LogP contribution is -2.43. The van der Waals surface area contributed by atoms with Crippen LogP contribution in [0.2, 0.25) is 0 Å². The van der Waals surface area contributed by atoms with Gasteiger partial charge in [0.25, 0.3) is 0 Å². The monoisotopic (exact) mass is 382 g/mol. The highest BCUT2D eigenvalue weighted by Crippen LogP contribution is 2.27. The summed E-state index contributed by atoms with van der Waals surface area (Å²) in [6, 6.07) is 10.7. The second kappa shape index (κ2) is 8.29. The summed E-state index contributed by atoms with van der Waals surface area (Å²) in [5.41, 5.74) is 0. The predicted octanol–water partition coefficient (Wildman–Crippen LogP) is 2.11. The lowest BCUT2D eigenvalue weighted by atomic mass is 10.2. The zero-order valence-corrected chi connectivity index (χ0v) is 15.7. The average molecular weight is 383 g/mol. The van der Waals surface area contributed by atoms with E-state index in [-0.39, 0.29) is 10.9 Å². The van der Waals surface area contributed by atoms with Crippen molar-refractivity contribution in [1.82, 2.24) is 9.62 Å². The molecule has 1 N–H and O–H groups in total. The minimum absolute atomic E-state index is 0.00613. The van der Waals surface area contributed by atoms with Crippen LogP contribution in [0.4, 0.5) is 0 Å². The van der Waals surface area contributed by atoms with Gasteiger partial charge < -0.3 is 9.47 Å². The fourth-order valence-corrected chi connectivity index (χ4v) is 4.95. The van der Waals surface area contributed by atoms with Crippen LogP contribution in [-0.4, -0.2) is 53.3 Å². The average Bonchev–Trinajstić information content (AvgIpc) is 3.17. The number of ether oxygens (including phenoxy) is 2. The van der Waals surface area contributed by atoms with E-state index in [0.29, 0.717) is 25.5 Å². The van der Waals surface area contributed by atoms with E-state index >= 15 is 0 Å². The number of nitrogens with one attached hydrogen (secondary N) is 1. The minimum Gasteiger partial charge on any atom is -0.495 e. The van der Waals surface area contributed by atoms with Gasteiger partial charge in [0.1, 0.15) is 10.6 Å². The summed E-state index contributed by atoms with van der Waals surface area (Å²) in [7, 11) is -2.19. The van der Waals surface area contributed by atoms with E-state index in [9.17, 15) is 8.42 Å². The molecule has 1 unspecified atom stereocenters. The molecule has 1 aromatic carbocycles. The molecule has 3 rings (SSSR count). The van der Waals surface area contributed by atoms with Crippen molar-refractivity contribution >= 4 is 21.4 Å². The molecule has 2 heterocycles. The number of hydrogen-bond donors (Lipinski definition) is 1. The first kappa shape index (κ1) is 18.3. The van der Waals surface area contributed by atoms with Gasteiger partial charge in [-0.25, -0.2) is 13.1 Å². The number of nitrogens with zero attached hydrogens (tertiary/aromatic N) is 1. The number of sulfonamides is 1. The molecule has 2 aromatic rings. The van der Waals surface area contributed by atoms with Gasteiger partial charge in [-0.15, -0.1) is 11.3 Å². The molecule has 136 valence electrons. The quantitative estimate of drug-likeness (QED) is 0.794. The SMILES string of the molecule is COc1ccccc1S(=O)(=O)NCC(c1cccs1)N1CCOCC1. The Kier molecular flexibility index (Phi) is 6.08. The maximum Gasteiger partial charge on any atom is 0.244 e. The highest BCUT2D eigenvalue weighted by molar-refractivity contribution is 7.89. The van der Waals surface area contributed by atoms with Gasteiger partial charge in [-0.2, -0.15) is 0 Å². The van der Waals surface area contributed by atoms with Crippen LogP contribution in [0.5, 0.6) is 5.75 Å². The summed E-state index contributed by atoms with van der Waals surface area (Å²) in [6.45, 7) is 3.22. The molecule has 8 heteroatoms. The topological polar surface area (TPSA) is 67.9 Å². The van der Waals surface area contributed by atoms with E-state index < -0.39 is 10.0 Å². The molecule has 0 bridgehead atoms. The van der Waals surface area contributed by atoms with Crippen molar-refractivity contribution in [2.75, 3.05) is 40.0 Å². The molecule has 6 nitrogen and oxygen atoms in total. The Morgan fingerprint density at radius 3 is 2.68 bits per heavy atom. The predicted molar refractivity (Wildman–Crippen MR) is 97.6 cm³/mol. The van der Waals surface area contributed by atoms with Gasteiger partial charge in [0.05, 0.1) is 26.4 Å². The van der Waals surface area contributed by atoms with Crippen LogP contribution in [-0.2, 0) is 14.8 Å². The highest BCUT2D eigenvalue weighted by Gasteiger charge is 2.26. The number of para-hydroxylation sites is 1. The molecule has 0 aliphatic carbocycles. The van der Waals surface area contributed by atoms with E-state index in [1.165, 1.54) is 7.11 Å². The van der Waals surface area contributed by atoms with Crippen molar-refractivity contribution in [2.45, 2.75) is 10.9 Å². The van der Waals surface area contributed by atoms with Crippen molar-refractivity contribution in [2.24, 2.45) is 0 Å². The second-order valence-corrected chi connectivity index (χ2v) is 8.40. The highest BCUT2D eigenvalue weighted by atomic mass is 32.2. The lowest BCUT2D eigenvalue weighted by Gasteiger charge is -2.34. The molecule has 0 spiro atoms. The van der Waals surface area contributed by atoms with Crippen LogP contribution in [0.15, 0.2) is 46.7 Å². The molecule has 0 amide bonds. The molecule has 25 heavy (non-hydrogen) atoms. The fourth-order valence-electron chi connectivity index (χ4n) is 2.89. The van der Waals surface area contributed by atoms with Gasteiger partial charge in [0.2, 0.25) is 10.0 Å². The van der Waals surface area contributed by atoms with Gasteiger partial charge in [-0.1, -0.05) is 18.2 Å². The molecule has 1 saturated heterocycles. The second-order valence-electron chi connectivity index (χ2n) is 5.68. The molecule has 0 saturated carbocycles. The summed E-state index contributed by atoms with van der Waals surface area (Å²) in [6.07, 6.45) is 0. The third-order valence-corrected chi connectivity index (χ3v) is 6.62. The smallest absolute Gasteiger partial charge is 0.244 e. The summed E-state index contributed by atoms with van der Waals surface area (Å²) in [5.74, 6) is 0.342. The Bertz CT molecular complexity index is 772. The van der Waals surface area contributed by atoms with Crippen molar-refractivity contribution < 1.29 is 17.9 Å². The number of hydrogen-bond acceptors (Lipinski definition) is 6. The minimum atomic E-state index is -3.66. The van der Waals surface area contributed by atoms with E-state index in [4.69, 9.17) is 9.47 Å². The first-order chi connectivity index (χ1) is 12.1. The normalized spacial score (nSPS) is 17.3. The van der Waals surface area contributed by atoms with Gasteiger partial charge in [0, 0.05) is 24.5 Å². The molecule has 1 aromatic heterocycles. The number of benzene rings is 1. The Labute approximate surface area is 152 Å². The Hall–Kier alpha value is -1.45. The third-order valence-electron chi connectivity index (χ3n) is 4.18. The first-order valence-electron chi connectivity index (χ1n) is 8.09. The van der Waals surface area contributed by atoms with Crippen molar-refractivity contribution in [3.8, 4) is 5.75 Å². The zero-order chi connectivity index (χ0) is 17.7. The molecule has 1 fully saturated rings. The van der Waals surface area contributed by atoms with Crippen LogP contribution in [0, 0.1) is 0 Å². The molecule has 1 aliphatic rings. The summed E-state index contributed by atoms with van der Waals surface area (Å²) < 4.78 is 38.8. The van der Waals surface area contributed by atoms with Crippen LogP contribution in [0.3, 0.4) is 0 Å². The Balaban J connectivity index is 1.78. The van der Waals surface area contributed by atoms with Crippen molar-refractivity contribution in [3.63, 3.8) is 0 Å². The van der Waals surface area contributed by atoms with Crippen LogP contribution in [0.1, 0.15) is 10.9 Å². The fraction of sp³-hybridized carbons (Fsp3) is 0.412. The summed E-state index contributed by atoms with van der Waals surface area (Å²) in [4.78, 5) is 3.56. The van der Waals surface area contributed by atoms with Crippen LogP contribution < -0.4 is 9.46 Å². The first-order valence-corrected chi connectivity index (χ1v) is 10.5. The van der Waals surface area contributed by atoms with Gasteiger partial charge >= 0.3 is 0 Å². The van der Waals surface area contributed by atoms with Gasteiger partial charge in [0.15, 0.2) is 0 Å². The Morgan fingerprint density at radius 2 is 2.00 bits per heavy atom. The standard InChI is InChI=1S/C17H22N2O4S2/c1-22-15-5-2-3-7-17(15)25(20,21)18-13-14(16-6-4-12-24-16)19-8-10-23-11-9-19/h2-7,12,14,18H,8-11,13H2,1H3. The third kappa shape index (κ3) is 4.39. The van der Waals surface area contributed by atoms with Crippen molar-refractivity contribution in [1.29, 1.82) is 0 Å².